The number of hydrogen-bond acceptors (Lipinski definition) is 4. The van der Waals surface area contributed by atoms with Gasteiger partial charge in [0.2, 0.25) is 5.56 Å². The fourth-order valence-corrected chi connectivity index (χ4v) is 2.81. The van der Waals surface area contributed by atoms with E-state index in [4.69, 9.17) is 0 Å². The van der Waals surface area contributed by atoms with Crippen LogP contribution in [0, 0.1) is 0 Å². The minimum atomic E-state index is -0.254. The van der Waals surface area contributed by atoms with Crippen LogP contribution < -0.4 is 10.9 Å². The van der Waals surface area contributed by atoms with Crippen LogP contribution in [0.15, 0.2) is 23.0 Å². The van der Waals surface area contributed by atoms with Gasteiger partial charge in [-0.1, -0.05) is 6.07 Å². The normalized spacial score (nSPS) is 16.4. The molecular formula is C12H17N3O2S. The Morgan fingerprint density at radius 2 is 2.17 bits per heavy atom. The predicted molar refractivity (Wildman–Crippen MR) is 73.2 cm³/mol. The average molecular weight is 267 g/mol. The Hall–Kier alpha value is -1.27. The van der Waals surface area contributed by atoms with Gasteiger partial charge in [-0.25, -0.2) is 0 Å². The second-order valence-corrected chi connectivity index (χ2v) is 5.36. The Bertz CT molecular complexity index is 455. The highest BCUT2D eigenvalue weighted by molar-refractivity contribution is 7.99. The minimum absolute atomic E-state index is 0.223. The van der Waals surface area contributed by atoms with Crippen LogP contribution >= 0.6 is 11.8 Å². The van der Waals surface area contributed by atoms with Crippen molar-refractivity contribution in [1.82, 2.24) is 15.2 Å². The zero-order valence-electron chi connectivity index (χ0n) is 10.1. The molecule has 5 nitrogen and oxygen atoms in total. The molecular weight excluding hydrogens is 250 g/mol. The molecule has 0 atom stereocenters. The molecule has 0 aromatic carbocycles. The summed E-state index contributed by atoms with van der Waals surface area (Å²) in [6.45, 7) is 3.65. The number of thioether (sulfide) groups is 1. The van der Waals surface area contributed by atoms with E-state index >= 15 is 0 Å². The summed E-state index contributed by atoms with van der Waals surface area (Å²) in [5.74, 6) is 2.11. The second kappa shape index (κ2) is 6.61. The smallest absolute Gasteiger partial charge is 0.267 e. The summed E-state index contributed by atoms with van der Waals surface area (Å²) < 4.78 is 0. The number of aromatic nitrogens is 1. The van der Waals surface area contributed by atoms with Gasteiger partial charge >= 0.3 is 0 Å². The van der Waals surface area contributed by atoms with Crippen LogP contribution in [0.4, 0.5) is 0 Å². The van der Waals surface area contributed by atoms with E-state index in [1.807, 2.05) is 11.8 Å². The Kier molecular flexibility index (Phi) is 4.83. The van der Waals surface area contributed by atoms with Crippen molar-refractivity contribution in [3.8, 4) is 0 Å². The fourth-order valence-electron chi connectivity index (χ4n) is 1.83. The number of nitrogens with zero attached hydrogens (tertiary/aromatic N) is 1. The molecule has 1 aromatic heterocycles. The largest absolute Gasteiger partial charge is 0.349 e. The maximum Gasteiger partial charge on any atom is 0.267 e. The Labute approximate surface area is 110 Å². The molecule has 2 rings (SSSR count). The van der Waals surface area contributed by atoms with Gasteiger partial charge in [-0.3, -0.25) is 14.5 Å². The lowest BCUT2D eigenvalue weighted by Gasteiger charge is -2.25. The van der Waals surface area contributed by atoms with Crippen LogP contribution in [0.1, 0.15) is 10.5 Å². The Balaban J connectivity index is 1.76. The van der Waals surface area contributed by atoms with Gasteiger partial charge in [-0.15, -0.1) is 0 Å². The molecule has 0 unspecified atom stereocenters. The van der Waals surface area contributed by atoms with Gasteiger partial charge in [0.25, 0.3) is 5.91 Å². The maximum absolute atomic E-state index is 11.7. The molecule has 1 fully saturated rings. The summed E-state index contributed by atoms with van der Waals surface area (Å²) in [5.41, 5.74) is 0.0624. The SMILES string of the molecule is O=C(NCCN1CCSCC1)c1cccc(=O)[nH]1. The van der Waals surface area contributed by atoms with Gasteiger partial charge in [0.05, 0.1) is 0 Å². The summed E-state index contributed by atoms with van der Waals surface area (Å²) in [7, 11) is 0. The zero-order chi connectivity index (χ0) is 12.8. The highest BCUT2D eigenvalue weighted by Gasteiger charge is 2.10. The zero-order valence-corrected chi connectivity index (χ0v) is 11.0. The van der Waals surface area contributed by atoms with Gasteiger partial charge in [0.15, 0.2) is 0 Å². The first-order valence-electron chi connectivity index (χ1n) is 6.03. The number of nitrogens with one attached hydrogen (secondary N) is 2. The lowest BCUT2D eigenvalue weighted by molar-refractivity contribution is 0.0943. The van der Waals surface area contributed by atoms with E-state index < -0.39 is 0 Å². The lowest BCUT2D eigenvalue weighted by atomic mass is 10.3. The molecule has 1 amide bonds. The van der Waals surface area contributed by atoms with E-state index in [2.05, 4.69) is 15.2 Å². The topological polar surface area (TPSA) is 65.2 Å². The van der Waals surface area contributed by atoms with Crippen molar-refractivity contribution in [3.63, 3.8) is 0 Å². The molecule has 98 valence electrons. The van der Waals surface area contributed by atoms with E-state index in [-0.39, 0.29) is 11.5 Å². The molecule has 2 N–H and O–H groups in total. The number of amides is 1. The van der Waals surface area contributed by atoms with Crippen molar-refractivity contribution in [1.29, 1.82) is 0 Å². The third kappa shape index (κ3) is 3.89. The van der Waals surface area contributed by atoms with Crippen LogP contribution in [-0.2, 0) is 0 Å². The van der Waals surface area contributed by atoms with Crippen molar-refractivity contribution in [3.05, 3.63) is 34.2 Å². The predicted octanol–water partition coefficient (Wildman–Crippen LogP) is 0.154. The third-order valence-corrected chi connectivity index (χ3v) is 3.77. The Morgan fingerprint density at radius 3 is 2.89 bits per heavy atom. The molecule has 1 aliphatic heterocycles. The number of aromatic amines is 1. The van der Waals surface area contributed by atoms with E-state index in [9.17, 15) is 9.59 Å². The molecule has 18 heavy (non-hydrogen) atoms. The van der Waals surface area contributed by atoms with Crippen LogP contribution in [0.2, 0.25) is 0 Å². The molecule has 2 heterocycles. The molecule has 0 saturated carbocycles. The molecule has 0 aliphatic carbocycles. The van der Waals surface area contributed by atoms with Crippen molar-refractivity contribution in [2.24, 2.45) is 0 Å². The number of carbonyl (C=O) groups excluding carboxylic acids is 1. The van der Waals surface area contributed by atoms with Crippen LogP contribution in [0.3, 0.4) is 0 Å². The molecule has 0 spiro atoms. The highest BCUT2D eigenvalue weighted by Crippen LogP contribution is 2.07. The first-order chi connectivity index (χ1) is 8.75. The van der Waals surface area contributed by atoms with E-state index in [1.54, 1.807) is 12.1 Å². The first kappa shape index (κ1) is 13.2. The lowest BCUT2D eigenvalue weighted by Crippen LogP contribution is -2.39. The maximum atomic E-state index is 11.7. The number of rotatable bonds is 4. The van der Waals surface area contributed by atoms with E-state index in [1.165, 1.54) is 17.6 Å². The molecule has 1 aromatic rings. The summed E-state index contributed by atoms with van der Waals surface area (Å²) in [4.78, 5) is 27.7. The van der Waals surface area contributed by atoms with Gasteiger partial charge in [-0.2, -0.15) is 11.8 Å². The van der Waals surface area contributed by atoms with Crippen molar-refractivity contribution >= 4 is 17.7 Å². The van der Waals surface area contributed by atoms with E-state index in [0.717, 1.165) is 19.6 Å². The molecule has 0 radical (unpaired) electrons. The summed E-state index contributed by atoms with van der Waals surface area (Å²) in [6.07, 6.45) is 0. The van der Waals surface area contributed by atoms with Gasteiger partial charge in [-0.05, 0) is 6.07 Å². The fraction of sp³-hybridized carbons (Fsp3) is 0.500. The molecule has 1 aliphatic rings. The monoisotopic (exact) mass is 267 g/mol. The molecule has 1 saturated heterocycles. The van der Waals surface area contributed by atoms with Gasteiger partial charge < -0.3 is 10.3 Å². The van der Waals surface area contributed by atoms with Crippen molar-refractivity contribution < 1.29 is 4.79 Å². The third-order valence-electron chi connectivity index (χ3n) is 2.83. The second-order valence-electron chi connectivity index (χ2n) is 4.14. The first-order valence-corrected chi connectivity index (χ1v) is 7.19. The average Bonchev–Trinajstić information content (AvgIpc) is 2.40. The Morgan fingerprint density at radius 1 is 1.39 bits per heavy atom. The van der Waals surface area contributed by atoms with Crippen molar-refractivity contribution in [2.75, 3.05) is 37.7 Å². The number of hydrogen-bond donors (Lipinski definition) is 2. The standard InChI is InChI=1S/C12H17N3O2S/c16-11-3-1-2-10(14-11)12(17)13-4-5-15-6-8-18-9-7-15/h1-3H,4-9H2,(H,13,17)(H,14,16). The van der Waals surface area contributed by atoms with E-state index in [0.29, 0.717) is 12.2 Å². The highest BCUT2D eigenvalue weighted by atomic mass is 32.2. The summed E-state index contributed by atoms with van der Waals surface area (Å²) >= 11 is 1.97. The van der Waals surface area contributed by atoms with Crippen LogP contribution in [0.5, 0.6) is 0 Å². The molecule has 6 heteroatoms. The van der Waals surface area contributed by atoms with Gasteiger partial charge in [0.1, 0.15) is 5.69 Å². The van der Waals surface area contributed by atoms with Crippen LogP contribution in [0.25, 0.3) is 0 Å². The van der Waals surface area contributed by atoms with Crippen LogP contribution in [-0.4, -0.2) is 53.5 Å². The summed E-state index contributed by atoms with van der Waals surface area (Å²) in [5, 5.41) is 2.82. The number of H-pyrrole nitrogens is 1. The van der Waals surface area contributed by atoms with Crippen molar-refractivity contribution in [2.45, 2.75) is 0 Å². The number of carbonyl (C=O) groups is 1. The van der Waals surface area contributed by atoms with Gasteiger partial charge in [0, 0.05) is 43.8 Å². The minimum Gasteiger partial charge on any atom is -0.349 e. The quantitative estimate of drug-likeness (QED) is 0.815. The molecule has 0 bridgehead atoms. The number of pyridine rings is 1. The summed E-state index contributed by atoms with van der Waals surface area (Å²) in [6, 6.07) is 4.58.